The Bertz CT molecular complexity index is 5530. The van der Waals surface area contributed by atoms with Gasteiger partial charge in [0, 0.05) is 10.8 Å². The molecule has 19 rings (SSSR count). The van der Waals surface area contributed by atoms with E-state index in [2.05, 4.69) is 276 Å². The Morgan fingerprint density at radius 3 is 1.27 bits per heavy atom. The molecule has 1 aromatic heterocycles. The van der Waals surface area contributed by atoms with Gasteiger partial charge in [-0.2, -0.15) is 0 Å². The predicted molar refractivity (Wildman–Crippen MR) is 405 cm³/mol. The van der Waals surface area contributed by atoms with Gasteiger partial charge >= 0.3 is 0 Å². The first-order chi connectivity index (χ1) is 47.1. The molecule has 2 heteroatoms. The Hall–Kier alpha value is -11.7. The molecule has 0 saturated heterocycles. The number of halogens is 1. The zero-order valence-electron chi connectivity index (χ0n) is 54.6. The third-order valence-corrected chi connectivity index (χ3v) is 19.3. The van der Waals surface area contributed by atoms with E-state index in [-0.39, 0.29) is 11.2 Å². The van der Waals surface area contributed by atoms with Gasteiger partial charge in [0.25, 0.3) is 0 Å². The maximum absolute atomic E-state index is 14.2. The fourth-order valence-electron chi connectivity index (χ4n) is 14.7. The Morgan fingerprint density at radius 2 is 0.688 bits per heavy atom. The summed E-state index contributed by atoms with van der Waals surface area (Å²) < 4.78 is 19.9. The van der Waals surface area contributed by atoms with Crippen LogP contribution in [-0.4, -0.2) is 0 Å². The van der Waals surface area contributed by atoms with Crippen LogP contribution in [0.5, 0.6) is 0 Å². The summed E-state index contributed by atoms with van der Waals surface area (Å²) in [7, 11) is 0. The smallest absolute Gasteiger partial charge is 0.135 e. The minimum Gasteiger partial charge on any atom is -0.456 e. The minimum atomic E-state index is -0.188. The van der Waals surface area contributed by atoms with Crippen molar-refractivity contribution in [2.75, 3.05) is 0 Å². The molecule has 0 aliphatic heterocycles. The Kier molecular flexibility index (Phi) is 16.4. The standard InChI is InChI=1S/C26H18.C19H15F.C19H16.C17H12.C13H10O/c1-17-14-15-25-21(16-17)20-10-4-7-13-24(20)26(25)22-11-5-2-8-18(22)19-9-3-6-12-23(19)26;1-14-18(16-10-6-3-7-11-16)12-17(13-19(14)20)15-8-4-2-5-9-15;1-15-12-18(16-8-4-2-5-9-16)14-19(13-15)17-10-6-3-7-11-17;1-11-5-6-14-8-7-12-3-2-4-13-9-10-15(11)17(14)16(12)13;1-9-6-7-13-11(8-9)10-4-2-3-5-12(10)14-13/h2-16H,1H3;2-13H,1H3;2-14H,1H3;2-10H,1H3;2-8H,1H3. The first-order valence-electron chi connectivity index (χ1n) is 33.1. The Morgan fingerprint density at radius 1 is 0.250 bits per heavy atom. The maximum atomic E-state index is 14.2. The maximum Gasteiger partial charge on any atom is 0.135 e. The lowest BCUT2D eigenvalue weighted by atomic mass is 9.70. The number of hydrogen-bond acceptors (Lipinski definition) is 1. The Balaban J connectivity index is 0.0000000999. The van der Waals surface area contributed by atoms with Gasteiger partial charge in [-0.1, -0.05) is 314 Å². The van der Waals surface area contributed by atoms with Crippen LogP contribution >= 0.6 is 0 Å². The monoisotopic (exact) mass is 1230 g/mol. The largest absolute Gasteiger partial charge is 0.456 e. The molecule has 96 heavy (non-hydrogen) atoms. The van der Waals surface area contributed by atoms with E-state index in [1.54, 1.807) is 6.07 Å². The molecule has 460 valence electrons. The van der Waals surface area contributed by atoms with Gasteiger partial charge in [-0.05, 0) is 209 Å². The molecule has 0 atom stereocenters. The highest BCUT2D eigenvalue weighted by Gasteiger charge is 2.51. The van der Waals surface area contributed by atoms with Crippen molar-refractivity contribution in [3.8, 4) is 66.8 Å². The quantitative estimate of drug-likeness (QED) is 0.160. The number of para-hydroxylation sites is 1. The van der Waals surface area contributed by atoms with Crippen molar-refractivity contribution in [2.45, 2.75) is 40.0 Å². The second-order valence-electron chi connectivity index (χ2n) is 25.5. The summed E-state index contributed by atoms with van der Waals surface area (Å²) in [5, 5.41) is 10.6. The number of fused-ring (bicyclic) bond motifs is 13. The van der Waals surface area contributed by atoms with Gasteiger partial charge in [-0.3, -0.25) is 0 Å². The van der Waals surface area contributed by atoms with Gasteiger partial charge in [0.2, 0.25) is 0 Å². The van der Waals surface area contributed by atoms with E-state index in [9.17, 15) is 4.39 Å². The molecule has 0 radical (unpaired) electrons. The third kappa shape index (κ3) is 11.3. The minimum absolute atomic E-state index is 0.162. The number of aryl methyl sites for hydroxylation is 4. The molecular weight excluding hydrogens is 1160 g/mol. The van der Waals surface area contributed by atoms with Crippen LogP contribution in [-0.2, 0) is 5.41 Å². The molecule has 1 heterocycles. The van der Waals surface area contributed by atoms with E-state index in [1.807, 2.05) is 91.9 Å². The van der Waals surface area contributed by atoms with Crippen LogP contribution in [0, 0.1) is 40.4 Å². The molecule has 0 amide bonds. The van der Waals surface area contributed by atoms with Crippen LogP contribution in [0.2, 0.25) is 0 Å². The molecule has 0 bridgehead atoms. The van der Waals surface area contributed by atoms with Crippen molar-refractivity contribution in [1.29, 1.82) is 0 Å². The average Bonchev–Trinajstić information content (AvgIpc) is 1.51. The molecule has 0 N–H and O–H groups in total. The fourth-order valence-corrected chi connectivity index (χ4v) is 14.7. The highest BCUT2D eigenvalue weighted by atomic mass is 19.1. The van der Waals surface area contributed by atoms with Gasteiger partial charge in [0.05, 0.1) is 5.41 Å². The number of hydrogen-bond donors (Lipinski definition) is 0. The van der Waals surface area contributed by atoms with Gasteiger partial charge < -0.3 is 4.42 Å². The predicted octanol–water partition coefficient (Wildman–Crippen LogP) is 25.9. The first-order valence-corrected chi connectivity index (χ1v) is 33.1. The van der Waals surface area contributed by atoms with Crippen LogP contribution in [0.1, 0.15) is 50.1 Å². The van der Waals surface area contributed by atoms with Crippen molar-refractivity contribution in [2.24, 2.45) is 0 Å². The van der Waals surface area contributed by atoms with E-state index in [0.29, 0.717) is 5.56 Å². The normalized spacial score (nSPS) is 11.9. The molecule has 2 aliphatic carbocycles. The number of benzene rings is 16. The SMILES string of the molecule is Cc1c(F)cc(-c2ccccc2)cc1-c1ccccc1.Cc1cc(-c2ccccc2)cc(-c2ccccc2)c1.Cc1ccc2c(c1)-c1ccccc1C21c2ccccc2-c2ccccc21.Cc1ccc2ccc3cccc4ccc1c2c34.Cc1ccc2oc3ccccc3c2c1. The molecule has 2 aliphatic rings. The summed E-state index contributed by atoms with van der Waals surface area (Å²) in [6, 6.07) is 119. The molecular formula is C94H71FO. The van der Waals surface area contributed by atoms with E-state index < -0.39 is 0 Å². The van der Waals surface area contributed by atoms with Gasteiger partial charge in [0.1, 0.15) is 17.0 Å². The van der Waals surface area contributed by atoms with E-state index in [4.69, 9.17) is 4.42 Å². The van der Waals surface area contributed by atoms with Crippen LogP contribution in [0.4, 0.5) is 4.39 Å². The van der Waals surface area contributed by atoms with E-state index >= 15 is 0 Å². The van der Waals surface area contributed by atoms with Gasteiger partial charge in [-0.15, -0.1) is 0 Å². The summed E-state index contributed by atoms with van der Waals surface area (Å²) in [5.74, 6) is -0.162. The summed E-state index contributed by atoms with van der Waals surface area (Å²) in [6.07, 6.45) is 0. The lowest BCUT2D eigenvalue weighted by molar-refractivity contribution is 0.619. The lowest BCUT2D eigenvalue weighted by Crippen LogP contribution is -2.25. The van der Waals surface area contributed by atoms with Crippen LogP contribution in [0.3, 0.4) is 0 Å². The highest BCUT2D eigenvalue weighted by molar-refractivity contribution is 6.23. The van der Waals surface area contributed by atoms with Gasteiger partial charge in [-0.25, -0.2) is 4.39 Å². The number of rotatable bonds is 4. The molecule has 1 spiro atoms. The van der Waals surface area contributed by atoms with Crippen molar-refractivity contribution < 1.29 is 8.81 Å². The van der Waals surface area contributed by atoms with Crippen LogP contribution in [0.15, 0.2) is 344 Å². The van der Waals surface area contributed by atoms with Crippen molar-refractivity contribution >= 4 is 54.3 Å². The second-order valence-corrected chi connectivity index (χ2v) is 25.5. The van der Waals surface area contributed by atoms with Crippen LogP contribution in [0.25, 0.3) is 121 Å². The highest BCUT2D eigenvalue weighted by Crippen LogP contribution is 2.62. The van der Waals surface area contributed by atoms with E-state index in [1.165, 1.54) is 132 Å². The zero-order valence-corrected chi connectivity index (χ0v) is 54.6. The average molecular weight is 1240 g/mol. The van der Waals surface area contributed by atoms with Crippen LogP contribution < -0.4 is 0 Å². The van der Waals surface area contributed by atoms with Gasteiger partial charge in [0.15, 0.2) is 0 Å². The van der Waals surface area contributed by atoms with Crippen molar-refractivity contribution in [3.63, 3.8) is 0 Å². The summed E-state index contributed by atoms with van der Waals surface area (Å²) in [4.78, 5) is 0. The summed E-state index contributed by atoms with van der Waals surface area (Å²) >= 11 is 0. The lowest BCUT2D eigenvalue weighted by Gasteiger charge is -2.30. The first kappa shape index (κ1) is 60.5. The summed E-state index contributed by atoms with van der Waals surface area (Å²) in [5.41, 5.74) is 27.8. The molecule has 0 fully saturated rings. The molecule has 0 saturated carbocycles. The van der Waals surface area contributed by atoms with Crippen molar-refractivity contribution in [1.82, 2.24) is 0 Å². The summed E-state index contributed by atoms with van der Waals surface area (Å²) in [6.45, 7) is 10.4. The molecule has 0 unspecified atom stereocenters. The zero-order chi connectivity index (χ0) is 65.3. The Labute approximate surface area is 562 Å². The topological polar surface area (TPSA) is 13.1 Å². The molecule has 16 aromatic carbocycles. The molecule has 17 aromatic rings. The van der Waals surface area contributed by atoms with E-state index in [0.717, 1.165) is 33.4 Å². The fraction of sp³-hybridized carbons (Fsp3) is 0.0638. The second kappa shape index (κ2) is 26.0. The van der Waals surface area contributed by atoms with Crippen molar-refractivity contribution in [3.05, 3.63) is 396 Å². The third-order valence-electron chi connectivity index (χ3n) is 19.3. The number of furan rings is 1. The molecule has 1 nitrogen and oxygen atoms in total.